The zero-order valence-corrected chi connectivity index (χ0v) is 11.2. The highest BCUT2D eigenvalue weighted by Crippen LogP contribution is 2.18. The number of hydrogen-bond acceptors (Lipinski definition) is 2. The minimum absolute atomic E-state index is 0.00404. The zero-order chi connectivity index (χ0) is 14.5. The highest BCUT2D eigenvalue weighted by Gasteiger charge is 2.15. The van der Waals surface area contributed by atoms with E-state index >= 15 is 0 Å². The summed E-state index contributed by atoms with van der Waals surface area (Å²) >= 11 is 0. The summed E-state index contributed by atoms with van der Waals surface area (Å²) in [6.07, 6.45) is 0.325. The van der Waals surface area contributed by atoms with Crippen LogP contribution in [0.3, 0.4) is 0 Å². The molecular formula is C17H16O3. The molecule has 0 aromatic heterocycles. The molecule has 1 atom stereocenters. The van der Waals surface area contributed by atoms with E-state index in [0.29, 0.717) is 17.5 Å². The van der Waals surface area contributed by atoms with Gasteiger partial charge in [0.1, 0.15) is 0 Å². The van der Waals surface area contributed by atoms with Gasteiger partial charge in [-0.3, -0.25) is 9.59 Å². The monoisotopic (exact) mass is 268 g/mol. The fourth-order valence-electron chi connectivity index (χ4n) is 2.01. The Bertz CT molecular complexity index is 617. The predicted molar refractivity (Wildman–Crippen MR) is 77.0 cm³/mol. The molecule has 0 aliphatic rings. The molecule has 0 aliphatic heterocycles. The molecule has 0 saturated heterocycles. The van der Waals surface area contributed by atoms with Crippen molar-refractivity contribution in [1.29, 1.82) is 0 Å². The Morgan fingerprint density at radius 2 is 1.75 bits per heavy atom. The summed E-state index contributed by atoms with van der Waals surface area (Å²) in [6.45, 7) is 1.61. The van der Waals surface area contributed by atoms with Crippen LogP contribution < -0.4 is 0 Å². The number of carbonyl (C=O) groups excluding carboxylic acids is 1. The van der Waals surface area contributed by atoms with Gasteiger partial charge < -0.3 is 5.11 Å². The summed E-state index contributed by atoms with van der Waals surface area (Å²) in [5.41, 5.74) is 2.16. The lowest BCUT2D eigenvalue weighted by atomic mass is 9.96. The smallest absolute Gasteiger partial charge is 0.310 e. The first kappa shape index (κ1) is 14.0. The number of carboxylic acids is 1. The molecule has 2 aromatic carbocycles. The maximum absolute atomic E-state index is 12.2. The summed E-state index contributed by atoms with van der Waals surface area (Å²) in [7, 11) is 0. The van der Waals surface area contributed by atoms with Crippen LogP contribution in [0.5, 0.6) is 0 Å². The van der Waals surface area contributed by atoms with E-state index in [1.165, 1.54) is 0 Å². The van der Waals surface area contributed by atoms with E-state index in [0.717, 1.165) is 5.56 Å². The third-order valence-electron chi connectivity index (χ3n) is 3.29. The SMILES string of the molecule is CC(C(=O)O)c1cccc(C(=O)Cc2ccccc2)c1. The molecule has 1 unspecified atom stereocenters. The predicted octanol–water partition coefficient (Wildman–Crippen LogP) is 3.30. The minimum Gasteiger partial charge on any atom is -0.481 e. The summed E-state index contributed by atoms with van der Waals surface area (Å²) < 4.78 is 0. The van der Waals surface area contributed by atoms with Crippen LogP contribution in [-0.4, -0.2) is 16.9 Å². The minimum atomic E-state index is -0.891. The Balaban J connectivity index is 2.18. The fraction of sp³-hybridized carbons (Fsp3) is 0.176. The standard InChI is InChI=1S/C17H16O3/c1-12(17(19)20)14-8-5-9-15(11-14)16(18)10-13-6-3-2-4-7-13/h2-9,11-12H,10H2,1H3,(H,19,20). The molecular weight excluding hydrogens is 252 g/mol. The van der Waals surface area contributed by atoms with Gasteiger partial charge in [-0.15, -0.1) is 0 Å². The summed E-state index contributed by atoms with van der Waals surface area (Å²) in [6, 6.07) is 16.4. The van der Waals surface area contributed by atoms with E-state index in [-0.39, 0.29) is 5.78 Å². The zero-order valence-electron chi connectivity index (χ0n) is 11.2. The Hall–Kier alpha value is -2.42. The van der Waals surface area contributed by atoms with Crippen LogP contribution >= 0.6 is 0 Å². The number of hydrogen-bond donors (Lipinski definition) is 1. The quantitative estimate of drug-likeness (QED) is 0.846. The Morgan fingerprint density at radius 3 is 2.40 bits per heavy atom. The summed E-state index contributed by atoms with van der Waals surface area (Å²) in [5.74, 6) is -1.51. The van der Waals surface area contributed by atoms with Gasteiger partial charge in [-0.05, 0) is 24.1 Å². The van der Waals surface area contributed by atoms with Crippen LogP contribution in [-0.2, 0) is 11.2 Å². The van der Waals surface area contributed by atoms with Crippen molar-refractivity contribution in [2.24, 2.45) is 0 Å². The number of benzene rings is 2. The molecule has 2 aromatic rings. The number of rotatable bonds is 5. The average molecular weight is 268 g/mol. The molecule has 0 bridgehead atoms. The van der Waals surface area contributed by atoms with Crippen LogP contribution in [0.15, 0.2) is 54.6 Å². The second-order valence-electron chi connectivity index (χ2n) is 4.77. The van der Waals surface area contributed by atoms with E-state index in [9.17, 15) is 9.59 Å². The van der Waals surface area contributed by atoms with Gasteiger partial charge in [0.25, 0.3) is 0 Å². The number of carbonyl (C=O) groups is 2. The van der Waals surface area contributed by atoms with Crippen molar-refractivity contribution in [3.63, 3.8) is 0 Å². The second-order valence-corrected chi connectivity index (χ2v) is 4.77. The average Bonchev–Trinajstić information content (AvgIpc) is 2.47. The van der Waals surface area contributed by atoms with Gasteiger partial charge in [-0.1, -0.05) is 48.5 Å². The molecule has 0 spiro atoms. The van der Waals surface area contributed by atoms with Crippen LogP contribution in [0.1, 0.15) is 34.3 Å². The first-order valence-corrected chi connectivity index (χ1v) is 6.48. The van der Waals surface area contributed by atoms with Crippen LogP contribution in [0.2, 0.25) is 0 Å². The van der Waals surface area contributed by atoms with E-state index in [1.807, 2.05) is 30.3 Å². The van der Waals surface area contributed by atoms with Crippen molar-refractivity contribution in [2.45, 2.75) is 19.3 Å². The number of ketones is 1. The van der Waals surface area contributed by atoms with Gasteiger partial charge in [0.05, 0.1) is 5.92 Å². The third-order valence-corrected chi connectivity index (χ3v) is 3.29. The number of aliphatic carboxylic acids is 1. The van der Waals surface area contributed by atoms with E-state index < -0.39 is 11.9 Å². The lowest BCUT2D eigenvalue weighted by Gasteiger charge is -2.08. The van der Waals surface area contributed by atoms with Crippen molar-refractivity contribution in [3.8, 4) is 0 Å². The van der Waals surface area contributed by atoms with Crippen molar-refractivity contribution in [3.05, 3.63) is 71.3 Å². The van der Waals surface area contributed by atoms with Crippen molar-refractivity contribution >= 4 is 11.8 Å². The van der Waals surface area contributed by atoms with E-state index in [1.54, 1.807) is 31.2 Å². The van der Waals surface area contributed by atoms with Gasteiger partial charge in [0, 0.05) is 12.0 Å². The lowest BCUT2D eigenvalue weighted by molar-refractivity contribution is -0.138. The molecule has 3 heteroatoms. The van der Waals surface area contributed by atoms with E-state index in [4.69, 9.17) is 5.11 Å². The normalized spacial score (nSPS) is 11.8. The number of Topliss-reactive ketones (excluding diaryl/α,β-unsaturated/α-hetero) is 1. The first-order chi connectivity index (χ1) is 9.58. The second kappa shape index (κ2) is 6.15. The highest BCUT2D eigenvalue weighted by molar-refractivity contribution is 5.97. The Kier molecular flexibility index (Phi) is 4.31. The van der Waals surface area contributed by atoms with Crippen molar-refractivity contribution in [2.75, 3.05) is 0 Å². The molecule has 3 nitrogen and oxygen atoms in total. The van der Waals surface area contributed by atoms with Crippen LogP contribution in [0, 0.1) is 0 Å². The fourth-order valence-corrected chi connectivity index (χ4v) is 2.01. The van der Waals surface area contributed by atoms with Gasteiger partial charge in [-0.2, -0.15) is 0 Å². The lowest BCUT2D eigenvalue weighted by Crippen LogP contribution is -2.09. The third kappa shape index (κ3) is 3.32. The molecule has 0 radical (unpaired) electrons. The van der Waals surface area contributed by atoms with E-state index in [2.05, 4.69) is 0 Å². The van der Waals surface area contributed by atoms with Gasteiger partial charge in [0.15, 0.2) is 5.78 Å². The van der Waals surface area contributed by atoms with Crippen molar-refractivity contribution in [1.82, 2.24) is 0 Å². The molecule has 0 saturated carbocycles. The molecule has 0 aliphatic carbocycles. The molecule has 0 heterocycles. The maximum Gasteiger partial charge on any atom is 0.310 e. The van der Waals surface area contributed by atoms with Gasteiger partial charge in [0.2, 0.25) is 0 Å². The largest absolute Gasteiger partial charge is 0.481 e. The molecule has 20 heavy (non-hydrogen) atoms. The maximum atomic E-state index is 12.2. The van der Waals surface area contributed by atoms with Crippen LogP contribution in [0.4, 0.5) is 0 Å². The van der Waals surface area contributed by atoms with Gasteiger partial charge in [-0.25, -0.2) is 0 Å². The highest BCUT2D eigenvalue weighted by atomic mass is 16.4. The van der Waals surface area contributed by atoms with Gasteiger partial charge >= 0.3 is 5.97 Å². The Labute approximate surface area is 117 Å². The van der Waals surface area contributed by atoms with Crippen molar-refractivity contribution < 1.29 is 14.7 Å². The first-order valence-electron chi connectivity index (χ1n) is 6.48. The molecule has 102 valence electrons. The summed E-state index contributed by atoms with van der Waals surface area (Å²) in [5, 5.41) is 9.02. The Morgan fingerprint density at radius 1 is 1.05 bits per heavy atom. The molecule has 1 N–H and O–H groups in total. The summed E-state index contributed by atoms with van der Waals surface area (Å²) in [4.78, 5) is 23.2. The molecule has 0 amide bonds. The topological polar surface area (TPSA) is 54.4 Å². The molecule has 0 fully saturated rings. The molecule has 2 rings (SSSR count). The van der Waals surface area contributed by atoms with Crippen LogP contribution in [0.25, 0.3) is 0 Å². The number of carboxylic acid groups (broad SMARTS) is 1.